The van der Waals surface area contributed by atoms with Crippen LogP contribution >= 0.6 is 0 Å². The van der Waals surface area contributed by atoms with Crippen LogP contribution in [0.15, 0.2) is 0 Å². The summed E-state index contributed by atoms with van der Waals surface area (Å²) in [6, 6.07) is 0. The molecule has 0 unspecified atom stereocenters. The minimum absolute atomic E-state index is 0.122. The standard InChI is InChI=1S/C12H21NO2/c1-9(14)13-7-5-10(6-8-13)11(15)12(2,3)4/h10H,5-8H2,1-4H3. The molecule has 15 heavy (non-hydrogen) atoms. The molecule has 1 rings (SSSR count). The Morgan fingerprint density at radius 3 is 1.93 bits per heavy atom. The number of Topliss-reactive ketones (excluding diaryl/α,β-unsaturated/α-hetero) is 1. The van der Waals surface area contributed by atoms with Gasteiger partial charge in [-0.05, 0) is 12.8 Å². The molecule has 0 spiro atoms. The van der Waals surface area contributed by atoms with Gasteiger partial charge in [-0.2, -0.15) is 0 Å². The molecule has 86 valence electrons. The number of piperidine rings is 1. The van der Waals surface area contributed by atoms with Crippen molar-refractivity contribution in [2.75, 3.05) is 13.1 Å². The third kappa shape index (κ3) is 3.05. The number of nitrogens with zero attached hydrogens (tertiary/aromatic N) is 1. The van der Waals surface area contributed by atoms with E-state index < -0.39 is 0 Å². The van der Waals surface area contributed by atoms with E-state index in [1.54, 1.807) is 6.92 Å². The molecule has 0 atom stereocenters. The Morgan fingerprint density at radius 1 is 1.13 bits per heavy atom. The number of likely N-dealkylation sites (tertiary alicyclic amines) is 1. The molecule has 3 heteroatoms. The SMILES string of the molecule is CC(=O)N1CCC(C(=O)C(C)(C)C)CC1. The van der Waals surface area contributed by atoms with Gasteiger partial charge in [-0.15, -0.1) is 0 Å². The van der Waals surface area contributed by atoms with Crippen molar-refractivity contribution in [3.8, 4) is 0 Å². The van der Waals surface area contributed by atoms with Crippen LogP contribution in [-0.4, -0.2) is 29.7 Å². The van der Waals surface area contributed by atoms with Crippen LogP contribution in [0, 0.1) is 11.3 Å². The van der Waals surface area contributed by atoms with Gasteiger partial charge < -0.3 is 4.90 Å². The third-order valence-electron chi connectivity index (χ3n) is 3.05. The van der Waals surface area contributed by atoms with Crippen molar-refractivity contribution in [3.05, 3.63) is 0 Å². The highest BCUT2D eigenvalue weighted by Crippen LogP contribution is 2.27. The van der Waals surface area contributed by atoms with Crippen LogP contribution in [0.1, 0.15) is 40.5 Å². The van der Waals surface area contributed by atoms with Crippen molar-refractivity contribution in [2.45, 2.75) is 40.5 Å². The van der Waals surface area contributed by atoms with Crippen molar-refractivity contribution >= 4 is 11.7 Å². The van der Waals surface area contributed by atoms with Crippen LogP contribution < -0.4 is 0 Å². The molecule has 3 nitrogen and oxygen atoms in total. The summed E-state index contributed by atoms with van der Waals surface area (Å²) in [6.45, 7) is 8.96. The molecule has 0 bridgehead atoms. The first-order valence-electron chi connectivity index (χ1n) is 5.62. The van der Waals surface area contributed by atoms with Crippen molar-refractivity contribution in [1.82, 2.24) is 4.90 Å². The first-order chi connectivity index (χ1) is 6.82. The summed E-state index contributed by atoms with van der Waals surface area (Å²) in [5.41, 5.74) is -0.247. The second-order valence-electron chi connectivity index (χ2n) is 5.39. The summed E-state index contributed by atoms with van der Waals surface area (Å²) < 4.78 is 0. The topological polar surface area (TPSA) is 37.4 Å². The van der Waals surface area contributed by atoms with Crippen LogP contribution in [0.5, 0.6) is 0 Å². The fourth-order valence-corrected chi connectivity index (χ4v) is 2.07. The van der Waals surface area contributed by atoms with Crippen molar-refractivity contribution < 1.29 is 9.59 Å². The summed E-state index contributed by atoms with van der Waals surface area (Å²) in [4.78, 5) is 24.9. The molecule has 1 amide bonds. The van der Waals surface area contributed by atoms with Gasteiger partial charge in [0.15, 0.2) is 0 Å². The molecule has 1 saturated heterocycles. The number of hydrogen-bond acceptors (Lipinski definition) is 2. The predicted molar refractivity (Wildman–Crippen MR) is 59.4 cm³/mol. The highest BCUT2D eigenvalue weighted by Gasteiger charge is 2.32. The molecule has 0 aromatic rings. The molecule has 0 aromatic carbocycles. The molecule has 0 saturated carbocycles. The van der Waals surface area contributed by atoms with E-state index in [-0.39, 0.29) is 17.2 Å². The van der Waals surface area contributed by atoms with Crippen LogP contribution in [-0.2, 0) is 9.59 Å². The van der Waals surface area contributed by atoms with Gasteiger partial charge in [0, 0.05) is 31.3 Å². The van der Waals surface area contributed by atoms with Crippen LogP contribution in [0.25, 0.3) is 0 Å². The van der Waals surface area contributed by atoms with Gasteiger partial charge in [-0.3, -0.25) is 9.59 Å². The van der Waals surface area contributed by atoms with E-state index in [4.69, 9.17) is 0 Å². The first kappa shape index (κ1) is 12.2. The van der Waals surface area contributed by atoms with Gasteiger partial charge in [0.1, 0.15) is 5.78 Å². The Labute approximate surface area is 91.8 Å². The lowest BCUT2D eigenvalue weighted by atomic mass is 9.79. The van der Waals surface area contributed by atoms with Gasteiger partial charge in [-0.25, -0.2) is 0 Å². The van der Waals surface area contributed by atoms with Crippen LogP contribution in [0.2, 0.25) is 0 Å². The summed E-state index contributed by atoms with van der Waals surface area (Å²) in [5, 5.41) is 0. The zero-order valence-corrected chi connectivity index (χ0v) is 10.2. The molecular formula is C12H21NO2. The minimum atomic E-state index is -0.247. The van der Waals surface area contributed by atoms with Crippen molar-refractivity contribution in [2.24, 2.45) is 11.3 Å². The summed E-state index contributed by atoms with van der Waals surface area (Å²) in [7, 11) is 0. The smallest absolute Gasteiger partial charge is 0.219 e. The lowest BCUT2D eigenvalue weighted by Crippen LogP contribution is -2.41. The molecule has 1 fully saturated rings. The average molecular weight is 211 g/mol. The maximum absolute atomic E-state index is 12.0. The molecule has 0 aromatic heterocycles. The predicted octanol–water partition coefficient (Wildman–Crippen LogP) is 1.86. The number of ketones is 1. The number of carbonyl (C=O) groups excluding carboxylic acids is 2. The van der Waals surface area contributed by atoms with E-state index >= 15 is 0 Å². The van der Waals surface area contributed by atoms with E-state index in [0.29, 0.717) is 5.78 Å². The third-order valence-corrected chi connectivity index (χ3v) is 3.05. The average Bonchev–Trinajstić information content (AvgIpc) is 2.15. The molecular weight excluding hydrogens is 190 g/mol. The largest absolute Gasteiger partial charge is 0.343 e. The monoisotopic (exact) mass is 211 g/mol. The van der Waals surface area contributed by atoms with Crippen molar-refractivity contribution in [3.63, 3.8) is 0 Å². The quantitative estimate of drug-likeness (QED) is 0.664. The van der Waals surface area contributed by atoms with Gasteiger partial charge in [0.25, 0.3) is 0 Å². The van der Waals surface area contributed by atoms with E-state index in [1.807, 2.05) is 25.7 Å². The fourth-order valence-electron chi connectivity index (χ4n) is 2.07. The van der Waals surface area contributed by atoms with Gasteiger partial charge in [0.2, 0.25) is 5.91 Å². The Hall–Kier alpha value is -0.860. The Bertz CT molecular complexity index is 257. The Kier molecular flexibility index (Phi) is 3.53. The highest BCUT2D eigenvalue weighted by molar-refractivity contribution is 5.86. The molecule has 0 radical (unpaired) electrons. The van der Waals surface area contributed by atoms with E-state index in [0.717, 1.165) is 25.9 Å². The van der Waals surface area contributed by atoms with Crippen molar-refractivity contribution in [1.29, 1.82) is 0 Å². The second-order valence-corrected chi connectivity index (χ2v) is 5.39. The van der Waals surface area contributed by atoms with Crippen LogP contribution in [0.4, 0.5) is 0 Å². The number of hydrogen-bond donors (Lipinski definition) is 0. The van der Waals surface area contributed by atoms with E-state index in [9.17, 15) is 9.59 Å². The number of carbonyl (C=O) groups is 2. The highest BCUT2D eigenvalue weighted by atomic mass is 16.2. The zero-order chi connectivity index (χ0) is 11.6. The Balaban J connectivity index is 2.51. The fraction of sp³-hybridized carbons (Fsp3) is 0.833. The molecule has 1 aliphatic rings. The molecule has 1 aliphatic heterocycles. The maximum atomic E-state index is 12.0. The normalized spacial score (nSPS) is 19.1. The summed E-state index contributed by atoms with van der Waals surface area (Å²) in [5.74, 6) is 0.614. The number of rotatable bonds is 1. The second kappa shape index (κ2) is 4.33. The molecule has 0 aliphatic carbocycles. The molecule has 1 heterocycles. The maximum Gasteiger partial charge on any atom is 0.219 e. The summed E-state index contributed by atoms with van der Waals surface area (Å²) in [6.07, 6.45) is 1.66. The lowest BCUT2D eigenvalue weighted by molar-refractivity contribution is -0.136. The summed E-state index contributed by atoms with van der Waals surface area (Å²) >= 11 is 0. The van der Waals surface area contributed by atoms with Gasteiger partial charge >= 0.3 is 0 Å². The first-order valence-corrected chi connectivity index (χ1v) is 5.62. The van der Waals surface area contributed by atoms with Gasteiger partial charge in [0.05, 0.1) is 0 Å². The van der Waals surface area contributed by atoms with Crippen LogP contribution in [0.3, 0.4) is 0 Å². The Morgan fingerprint density at radius 2 is 1.60 bits per heavy atom. The lowest BCUT2D eigenvalue weighted by Gasteiger charge is -2.33. The van der Waals surface area contributed by atoms with E-state index in [1.165, 1.54) is 0 Å². The van der Waals surface area contributed by atoms with E-state index in [2.05, 4.69) is 0 Å². The molecule has 0 N–H and O–H groups in total. The van der Waals surface area contributed by atoms with Gasteiger partial charge in [-0.1, -0.05) is 20.8 Å². The number of amides is 1. The minimum Gasteiger partial charge on any atom is -0.343 e. The zero-order valence-electron chi connectivity index (χ0n) is 10.2.